The van der Waals surface area contributed by atoms with Crippen LogP contribution in [0, 0.1) is 6.92 Å². The number of hydrogen-bond acceptors (Lipinski definition) is 3. The zero-order valence-electron chi connectivity index (χ0n) is 16.3. The molecule has 5 nitrogen and oxygen atoms in total. The van der Waals surface area contributed by atoms with Crippen LogP contribution in [0.25, 0.3) is 11.3 Å². The van der Waals surface area contributed by atoms with Gasteiger partial charge in [0, 0.05) is 17.7 Å². The molecule has 0 radical (unpaired) electrons. The highest BCUT2D eigenvalue weighted by molar-refractivity contribution is 5.76. The van der Waals surface area contributed by atoms with E-state index < -0.39 is 0 Å². The summed E-state index contributed by atoms with van der Waals surface area (Å²) in [5, 5.41) is 2.95. The van der Waals surface area contributed by atoms with E-state index in [1.54, 1.807) is 0 Å². The smallest absolute Gasteiger partial charge is 0.254 e. The highest BCUT2D eigenvalue weighted by atomic mass is 16.2. The molecule has 0 saturated heterocycles. The maximum atomic E-state index is 12.4. The first-order valence-electron chi connectivity index (χ1n) is 9.48. The standard InChI is InChI=1S/C23H25N3O2/c1-17-8-12-20(13-9-17)21-14-23(28)26(16-24-21)15-22(27)25-18(2)10-11-19-6-4-3-5-7-19/h3-9,12-14,16,18H,10-11,15H2,1-2H3,(H,25,27). The molecule has 0 saturated carbocycles. The SMILES string of the molecule is Cc1ccc(-c2cc(=O)n(CC(=O)NC(C)CCc3ccccc3)cn2)cc1. The highest BCUT2D eigenvalue weighted by Crippen LogP contribution is 2.15. The van der Waals surface area contributed by atoms with Crippen molar-refractivity contribution in [1.29, 1.82) is 0 Å². The lowest BCUT2D eigenvalue weighted by Gasteiger charge is -2.14. The van der Waals surface area contributed by atoms with Crippen LogP contribution < -0.4 is 10.9 Å². The van der Waals surface area contributed by atoms with Gasteiger partial charge in [0.2, 0.25) is 5.91 Å². The van der Waals surface area contributed by atoms with Crippen LogP contribution in [0.15, 0.2) is 71.8 Å². The van der Waals surface area contributed by atoms with E-state index in [0.29, 0.717) is 5.69 Å². The molecule has 0 bridgehead atoms. The summed E-state index contributed by atoms with van der Waals surface area (Å²) < 4.78 is 1.33. The molecule has 0 spiro atoms. The third-order valence-corrected chi connectivity index (χ3v) is 4.66. The Balaban J connectivity index is 1.56. The Labute approximate surface area is 165 Å². The molecule has 0 aliphatic carbocycles. The van der Waals surface area contributed by atoms with Crippen LogP contribution in [0.3, 0.4) is 0 Å². The van der Waals surface area contributed by atoms with Crippen molar-refractivity contribution in [2.45, 2.75) is 39.3 Å². The quantitative estimate of drug-likeness (QED) is 0.689. The minimum absolute atomic E-state index is 0.0307. The molecule has 0 aliphatic rings. The van der Waals surface area contributed by atoms with Gasteiger partial charge < -0.3 is 5.32 Å². The van der Waals surface area contributed by atoms with Gasteiger partial charge in [-0.15, -0.1) is 0 Å². The van der Waals surface area contributed by atoms with Crippen LogP contribution in [0.5, 0.6) is 0 Å². The number of hydrogen-bond donors (Lipinski definition) is 1. The van der Waals surface area contributed by atoms with Crippen molar-refractivity contribution in [3.8, 4) is 11.3 Å². The Hall–Kier alpha value is -3.21. The molecule has 2 aromatic carbocycles. The van der Waals surface area contributed by atoms with Gasteiger partial charge in [0.1, 0.15) is 6.54 Å². The second-order valence-corrected chi connectivity index (χ2v) is 7.10. The second-order valence-electron chi connectivity index (χ2n) is 7.10. The summed E-state index contributed by atoms with van der Waals surface area (Å²) in [5.74, 6) is -0.187. The Morgan fingerprint density at radius 1 is 1.11 bits per heavy atom. The molecule has 1 unspecified atom stereocenters. The van der Waals surface area contributed by atoms with Crippen LogP contribution in [0.4, 0.5) is 0 Å². The van der Waals surface area contributed by atoms with Gasteiger partial charge in [-0.3, -0.25) is 14.2 Å². The summed E-state index contributed by atoms with van der Waals surface area (Å²) in [7, 11) is 0. The van der Waals surface area contributed by atoms with Crippen LogP contribution in [0.2, 0.25) is 0 Å². The van der Waals surface area contributed by atoms with Gasteiger partial charge in [-0.1, -0.05) is 60.2 Å². The van der Waals surface area contributed by atoms with Crippen molar-refractivity contribution in [3.63, 3.8) is 0 Å². The van der Waals surface area contributed by atoms with Gasteiger partial charge in [0.05, 0.1) is 12.0 Å². The molecule has 144 valence electrons. The third-order valence-electron chi connectivity index (χ3n) is 4.66. The van der Waals surface area contributed by atoms with Crippen molar-refractivity contribution in [2.75, 3.05) is 0 Å². The van der Waals surface area contributed by atoms with Gasteiger partial charge in [-0.05, 0) is 32.3 Å². The van der Waals surface area contributed by atoms with Crippen LogP contribution >= 0.6 is 0 Å². The number of aromatic nitrogens is 2. The van der Waals surface area contributed by atoms with Crippen molar-refractivity contribution in [2.24, 2.45) is 0 Å². The third kappa shape index (κ3) is 5.39. The average Bonchev–Trinajstić information content (AvgIpc) is 2.69. The molecule has 1 amide bonds. The predicted molar refractivity (Wildman–Crippen MR) is 111 cm³/mol. The molecule has 3 aromatic rings. The highest BCUT2D eigenvalue weighted by Gasteiger charge is 2.10. The number of carbonyl (C=O) groups excluding carboxylic acids is 1. The Kier molecular flexibility index (Phi) is 6.37. The average molecular weight is 375 g/mol. The minimum Gasteiger partial charge on any atom is -0.352 e. The number of amides is 1. The molecule has 1 heterocycles. The molecule has 1 atom stereocenters. The topological polar surface area (TPSA) is 64.0 Å². The molecule has 1 aromatic heterocycles. The van der Waals surface area contributed by atoms with Gasteiger partial charge in [-0.2, -0.15) is 0 Å². The largest absolute Gasteiger partial charge is 0.352 e. The minimum atomic E-state index is -0.238. The van der Waals surface area contributed by atoms with E-state index in [1.165, 1.54) is 22.5 Å². The van der Waals surface area contributed by atoms with Gasteiger partial charge in [0.25, 0.3) is 5.56 Å². The van der Waals surface area contributed by atoms with E-state index in [0.717, 1.165) is 24.0 Å². The molecule has 0 aliphatic heterocycles. The number of carbonyl (C=O) groups is 1. The fraction of sp³-hybridized carbons (Fsp3) is 0.261. The summed E-state index contributed by atoms with van der Waals surface area (Å²) in [5.41, 5.74) is 3.65. The lowest BCUT2D eigenvalue weighted by atomic mass is 10.1. The van der Waals surface area contributed by atoms with E-state index in [4.69, 9.17) is 0 Å². The zero-order valence-corrected chi connectivity index (χ0v) is 16.3. The molecule has 1 N–H and O–H groups in total. The lowest BCUT2D eigenvalue weighted by Crippen LogP contribution is -2.37. The summed E-state index contributed by atoms with van der Waals surface area (Å²) in [6.07, 6.45) is 3.18. The van der Waals surface area contributed by atoms with Gasteiger partial charge in [-0.25, -0.2) is 4.98 Å². The number of nitrogens with one attached hydrogen (secondary N) is 1. The van der Waals surface area contributed by atoms with Crippen LogP contribution in [-0.2, 0) is 17.8 Å². The Morgan fingerprint density at radius 3 is 2.50 bits per heavy atom. The predicted octanol–water partition coefficient (Wildman–Crippen LogP) is 3.36. The number of aryl methyl sites for hydroxylation is 2. The van der Waals surface area contributed by atoms with Crippen molar-refractivity contribution in [1.82, 2.24) is 14.9 Å². The Morgan fingerprint density at radius 2 is 1.82 bits per heavy atom. The maximum absolute atomic E-state index is 12.4. The van der Waals surface area contributed by atoms with E-state index in [9.17, 15) is 9.59 Å². The van der Waals surface area contributed by atoms with Crippen LogP contribution in [-0.4, -0.2) is 21.5 Å². The molecule has 3 rings (SSSR count). The molecular formula is C23H25N3O2. The fourth-order valence-corrected chi connectivity index (χ4v) is 3.00. The number of rotatable bonds is 7. The zero-order chi connectivity index (χ0) is 19.9. The summed E-state index contributed by atoms with van der Waals surface area (Å²) in [4.78, 5) is 29.0. The molecule has 5 heteroatoms. The molecule has 0 fully saturated rings. The van der Waals surface area contributed by atoms with Crippen LogP contribution in [0.1, 0.15) is 24.5 Å². The number of nitrogens with zero attached hydrogens (tertiary/aromatic N) is 2. The Bertz CT molecular complexity index is 979. The normalized spacial score (nSPS) is 11.8. The van der Waals surface area contributed by atoms with E-state index in [1.807, 2.05) is 56.3 Å². The van der Waals surface area contributed by atoms with E-state index in [2.05, 4.69) is 22.4 Å². The first-order chi connectivity index (χ1) is 13.5. The van der Waals surface area contributed by atoms with Crippen molar-refractivity contribution < 1.29 is 4.79 Å². The van der Waals surface area contributed by atoms with Gasteiger partial charge in [0.15, 0.2) is 0 Å². The molecular weight excluding hydrogens is 350 g/mol. The summed E-state index contributed by atoms with van der Waals surface area (Å²) >= 11 is 0. The van der Waals surface area contributed by atoms with Crippen molar-refractivity contribution in [3.05, 3.63) is 88.5 Å². The molecule has 28 heavy (non-hydrogen) atoms. The van der Waals surface area contributed by atoms with Crippen molar-refractivity contribution >= 4 is 5.91 Å². The maximum Gasteiger partial charge on any atom is 0.254 e. The lowest BCUT2D eigenvalue weighted by molar-refractivity contribution is -0.122. The first kappa shape index (κ1) is 19.5. The van der Waals surface area contributed by atoms with E-state index >= 15 is 0 Å². The summed E-state index contributed by atoms with van der Waals surface area (Å²) in [6.45, 7) is 3.95. The number of benzene rings is 2. The summed E-state index contributed by atoms with van der Waals surface area (Å²) in [6, 6.07) is 19.5. The monoisotopic (exact) mass is 375 g/mol. The second kappa shape index (κ2) is 9.13. The van der Waals surface area contributed by atoms with Gasteiger partial charge >= 0.3 is 0 Å². The first-order valence-corrected chi connectivity index (χ1v) is 9.48. The fourth-order valence-electron chi connectivity index (χ4n) is 3.00. The van der Waals surface area contributed by atoms with E-state index in [-0.39, 0.29) is 24.1 Å².